The van der Waals surface area contributed by atoms with Gasteiger partial charge in [0.15, 0.2) is 0 Å². The van der Waals surface area contributed by atoms with Crippen LogP contribution in [0.3, 0.4) is 0 Å². The molecular formula is C13H13N3O4S. The molecule has 0 radical (unpaired) electrons. The smallest absolute Gasteiger partial charge is 0.326 e. The molecule has 0 saturated heterocycles. The highest BCUT2D eigenvalue weighted by Crippen LogP contribution is 2.21. The molecule has 0 spiro atoms. The highest BCUT2D eigenvalue weighted by atomic mass is 32.1. The van der Waals surface area contributed by atoms with E-state index in [9.17, 15) is 14.4 Å². The third-order valence-corrected chi connectivity index (χ3v) is 3.64. The molecular weight excluding hydrogens is 294 g/mol. The first-order chi connectivity index (χ1) is 9.99. The van der Waals surface area contributed by atoms with Crippen molar-refractivity contribution in [2.75, 3.05) is 0 Å². The van der Waals surface area contributed by atoms with Crippen LogP contribution in [0.4, 0.5) is 0 Å². The fraction of sp³-hybridized carbons (Fsp3) is 0.154. The number of rotatable bonds is 6. The Morgan fingerprint density at radius 1 is 1.33 bits per heavy atom. The number of nitrogens with two attached hydrogens (primary N) is 1. The standard InChI is InChI=1S/C13H13N3O4S/c14-10(17)7-8(13(19)20)15-12(18)11-9(3-6-21-11)16-4-1-2-5-16/h1-6,8H,7H2,(H2,14,17)(H,15,18)(H,19,20)/t8-/m1/s1. The van der Waals surface area contributed by atoms with Crippen LogP contribution in [0.1, 0.15) is 16.1 Å². The van der Waals surface area contributed by atoms with Gasteiger partial charge in [-0.15, -0.1) is 11.3 Å². The Labute approximate surface area is 124 Å². The number of hydrogen-bond donors (Lipinski definition) is 3. The summed E-state index contributed by atoms with van der Waals surface area (Å²) < 4.78 is 1.75. The molecule has 2 heterocycles. The van der Waals surface area contributed by atoms with Gasteiger partial charge in [-0.3, -0.25) is 9.59 Å². The monoisotopic (exact) mass is 307 g/mol. The van der Waals surface area contributed by atoms with Gasteiger partial charge < -0.3 is 20.7 Å². The maximum atomic E-state index is 12.2. The molecule has 0 fully saturated rings. The second-order valence-corrected chi connectivity index (χ2v) is 5.18. The number of primary amides is 1. The molecule has 0 unspecified atom stereocenters. The van der Waals surface area contributed by atoms with Gasteiger partial charge in [0.1, 0.15) is 10.9 Å². The van der Waals surface area contributed by atoms with Gasteiger partial charge in [-0.2, -0.15) is 0 Å². The summed E-state index contributed by atoms with van der Waals surface area (Å²) in [7, 11) is 0. The van der Waals surface area contributed by atoms with E-state index in [1.165, 1.54) is 11.3 Å². The van der Waals surface area contributed by atoms with Crippen molar-refractivity contribution in [3.63, 3.8) is 0 Å². The normalized spacial score (nSPS) is 11.8. The van der Waals surface area contributed by atoms with Crippen molar-refractivity contribution in [1.82, 2.24) is 9.88 Å². The molecule has 0 aromatic carbocycles. The number of carboxylic acids is 1. The van der Waals surface area contributed by atoms with E-state index in [4.69, 9.17) is 10.8 Å². The van der Waals surface area contributed by atoms with E-state index in [0.717, 1.165) is 0 Å². The van der Waals surface area contributed by atoms with Crippen molar-refractivity contribution in [3.8, 4) is 5.69 Å². The molecule has 0 aliphatic rings. The molecule has 0 saturated carbocycles. The molecule has 8 heteroatoms. The third-order valence-electron chi connectivity index (χ3n) is 2.74. The largest absolute Gasteiger partial charge is 0.480 e. The molecule has 2 rings (SSSR count). The van der Waals surface area contributed by atoms with Gasteiger partial charge in [0.2, 0.25) is 5.91 Å². The molecule has 110 valence electrons. The van der Waals surface area contributed by atoms with E-state index in [1.807, 2.05) is 12.1 Å². The van der Waals surface area contributed by atoms with Crippen LogP contribution in [0.25, 0.3) is 5.69 Å². The Morgan fingerprint density at radius 3 is 2.57 bits per heavy atom. The van der Waals surface area contributed by atoms with E-state index >= 15 is 0 Å². The van der Waals surface area contributed by atoms with Crippen LogP contribution in [0.15, 0.2) is 36.0 Å². The van der Waals surface area contributed by atoms with Crippen LogP contribution in [0.2, 0.25) is 0 Å². The number of aliphatic carboxylic acids is 1. The van der Waals surface area contributed by atoms with Gasteiger partial charge in [0, 0.05) is 12.4 Å². The van der Waals surface area contributed by atoms with Crippen LogP contribution in [0.5, 0.6) is 0 Å². The molecule has 0 aliphatic heterocycles. The van der Waals surface area contributed by atoms with Crippen molar-refractivity contribution < 1.29 is 19.5 Å². The lowest BCUT2D eigenvalue weighted by Crippen LogP contribution is -2.43. The van der Waals surface area contributed by atoms with Crippen LogP contribution in [0, 0.1) is 0 Å². The number of hydrogen-bond acceptors (Lipinski definition) is 4. The lowest BCUT2D eigenvalue weighted by molar-refractivity contribution is -0.140. The van der Waals surface area contributed by atoms with Crippen molar-refractivity contribution in [2.24, 2.45) is 5.73 Å². The topological polar surface area (TPSA) is 114 Å². The zero-order valence-electron chi connectivity index (χ0n) is 10.9. The van der Waals surface area contributed by atoms with E-state index < -0.39 is 30.2 Å². The fourth-order valence-electron chi connectivity index (χ4n) is 1.80. The van der Waals surface area contributed by atoms with Crippen LogP contribution < -0.4 is 11.1 Å². The Bertz CT molecular complexity index is 663. The average molecular weight is 307 g/mol. The quantitative estimate of drug-likeness (QED) is 0.724. The summed E-state index contributed by atoms with van der Waals surface area (Å²) in [6.45, 7) is 0. The highest BCUT2D eigenvalue weighted by Gasteiger charge is 2.24. The van der Waals surface area contributed by atoms with Crippen LogP contribution in [-0.4, -0.2) is 33.5 Å². The van der Waals surface area contributed by atoms with Gasteiger partial charge in [0.25, 0.3) is 5.91 Å². The second-order valence-electron chi connectivity index (χ2n) is 4.26. The van der Waals surface area contributed by atoms with E-state index in [-0.39, 0.29) is 0 Å². The first-order valence-electron chi connectivity index (χ1n) is 6.02. The zero-order chi connectivity index (χ0) is 15.4. The Hall–Kier alpha value is -2.61. The first-order valence-corrected chi connectivity index (χ1v) is 6.90. The summed E-state index contributed by atoms with van der Waals surface area (Å²) in [4.78, 5) is 34.4. The number of nitrogens with zero attached hydrogens (tertiary/aromatic N) is 1. The van der Waals surface area contributed by atoms with Crippen molar-refractivity contribution in [2.45, 2.75) is 12.5 Å². The minimum absolute atomic E-state index is 0.363. The van der Waals surface area contributed by atoms with Gasteiger partial charge >= 0.3 is 5.97 Å². The lowest BCUT2D eigenvalue weighted by Gasteiger charge is -2.13. The maximum Gasteiger partial charge on any atom is 0.326 e. The molecule has 7 nitrogen and oxygen atoms in total. The number of thiophene rings is 1. The number of nitrogens with one attached hydrogen (secondary N) is 1. The van der Waals surface area contributed by atoms with Crippen molar-refractivity contribution in [3.05, 3.63) is 40.8 Å². The Balaban J connectivity index is 2.19. The number of carboxylic acid groups (broad SMARTS) is 1. The molecule has 4 N–H and O–H groups in total. The number of carbonyl (C=O) groups excluding carboxylic acids is 2. The number of amides is 2. The number of aromatic nitrogens is 1. The summed E-state index contributed by atoms with van der Waals surface area (Å²) in [5, 5.41) is 13.0. The highest BCUT2D eigenvalue weighted by molar-refractivity contribution is 7.12. The molecule has 0 bridgehead atoms. The van der Waals surface area contributed by atoms with Gasteiger partial charge in [-0.25, -0.2) is 4.79 Å². The summed E-state index contributed by atoms with van der Waals surface area (Å²) >= 11 is 1.19. The third kappa shape index (κ3) is 3.48. The molecule has 2 amide bonds. The van der Waals surface area contributed by atoms with E-state index in [1.54, 1.807) is 28.4 Å². The van der Waals surface area contributed by atoms with Crippen molar-refractivity contribution >= 4 is 29.1 Å². The summed E-state index contributed by atoms with van der Waals surface area (Å²) in [5.74, 6) is -2.65. The minimum atomic E-state index is -1.34. The molecule has 2 aromatic rings. The van der Waals surface area contributed by atoms with E-state index in [0.29, 0.717) is 10.6 Å². The predicted octanol–water partition coefficient (Wildman–Crippen LogP) is 0.597. The van der Waals surface area contributed by atoms with E-state index in [2.05, 4.69) is 5.32 Å². The Morgan fingerprint density at radius 2 is 2.00 bits per heavy atom. The molecule has 0 aliphatic carbocycles. The SMILES string of the molecule is NC(=O)C[C@@H](NC(=O)c1sccc1-n1cccc1)C(=O)O. The summed E-state index contributed by atoms with van der Waals surface area (Å²) in [5.41, 5.74) is 5.62. The van der Waals surface area contributed by atoms with Gasteiger partial charge in [-0.1, -0.05) is 0 Å². The van der Waals surface area contributed by atoms with Crippen LogP contribution >= 0.6 is 11.3 Å². The average Bonchev–Trinajstić information content (AvgIpc) is 3.07. The molecule has 1 atom stereocenters. The molecule has 2 aromatic heterocycles. The van der Waals surface area contributed by atoms with Crippen molar-refractivity contribution in [1.29, 1.82) is 0 Å². The predicted molar refractivity (Wildman–Crippen MR) is 76.3 cm³/mol. The minimum Gasteiger partial charge on any atom is -0.480 e. The van der Waals surface area contributed by atoms with Gasteiger partial charge in [-0.05, 0) is 23.6 Å². The Kier molecular flexibility index (Phi) is 4.39. The lowest BCUT2D eigenvalue weighted by atomic mass is 10.2. The molecule has 21 heavy (non-hydrogen) atoms. The summed E-state index contributed by atoms with van der Waals surface area (Å²) in [6.07, 6.45) is 3.10. The second kappa shape index (κ2) is 6.23. The zero-order valence-corrected chi connectivity index (χ0v) is 11.7. The van der Waals surface area contributed by atoms with Gasteiger partial charge in [0.05, 0.1) is 12.1 Å². The van der Waals surface area contributed by atoms with Crippen LogP contribution in [-0.2, 0) is 9.59 Å². The summed E-state index contributed by atoms with van der Waals surface area (Å²) in [6, 6.07) is 4.04. The maximum absolute atomic E-state index is 12.2. The number of carbonyl (C=O) groups is 3. The first kappa shape index (κ1) is 14.8. The fourth-order valence-corrected chi connectivity index (χ4v) is 2.59.